The third-order valence-corrected chi connectivity index (χ3v) is 4.45. The third-order valence-electron chi connectivity index (χ3n) is 4.45. The Labute approximate surface area is 142 Å². The molecular formula is C20H23NO3. The molecule has 0 saturated carbocycles. The van der Waals surface area contributed by atoms with Gasteiger partial charge in [0.05, 0.1) is 25.7 Å². The number of hydrogen-bond acceptors (Lipinski definition) is 3. The molecule has 4 nitrogen and oxygen atoms in total. The summed E-state index contributed by atoms with van der Waals surface area (Å²) in [7, 11) is 1.65. The molecule has 24 heavy (non-hydrogen) atoms. The molecule has 0 bridgehead atoms. The topological polar surface area (TPSA) is 47.6 Å². The molecule has 2 atom stereocenters. The van der Waals surface area contributed by atoms with Gasteiger partial charge in [-0.1, -0.05) is 42.0 Å². The van der Waals surface area contributed by atoms with Crippen molar-refractivity contribution < 1.29 is 14.3 Å². The van der Waals surface area contributed by atoms with Gasteiger partial charge in [0.2, 0.25) is 5.91 Å². The lowest BCUT2D eigenvalue weighted by Gasteiger charge is -2.22. The standard InChI is InChI=1S/C20H23NO3/c1-14-3-5-15(6-4-14)19(16-7-9-18(23-2)10-8-16)21-20(22)17-11-12-24-13-17/h3-10,17,19H,11-13H2,1-2H3,(H,21,22). The number of ether oxygens (including phenoxy) is 2. The molecule has 1 heterocycles. The molecule has 1 saturated heterocycles. The van der Waals surface area contributed by atoms with Crippen molar-refractivity contribution in [2.45, 2.75) is 19.4 Å². The Morgan fingerprint density at radius 2 is 1.75 bits per heavy atom. The highest BCUT2D eigenvalue weighted by atomic mass is 16.5. The molecule has 126 valence electrons. The van der Waals surface area contributed by atoms with Gasteiger partial charge >= 0.3 is 0 Å². The third kappa shape index (κ3) is 3.77. The highest BCUT2D eigenvalue weighted by molar-refractivity contribution is 5.80. The number of benzene rings is 2. The molecule has 1 fully saturated rings. The molecule has 0 aliphatic carbocycles. The molecule has 2 aromatic carbocycles. The minimum absolute atomic E-state index is 0.0499. The number of carbonyl (C=O) groups is 1. The van der Waals surface area contributed by atoms with Gasteiger partial charge in [-0.2, -0.15) is 0 Å². The Morgan fingerprint density at radius 1 is 1.12 bits per heavy atom. The van der Waals surface area contributed by atoms with Crippen LogP contribution in [-0.4, -0.2) is 26.2 Å². The van der Waals surface area contributed by atoms with Crippen molar-refractivity contribution >= 4 is 5.91 Å². The van der Waals surface area contributed by atoms with Gasteiger partial charge in [0.15, 0.2) is 0 Å². The smallest absolute Gasteiger partial charge is 0.226 e. The Morgan fingerprint density at radius 3 is 2.29 bits per heavy atom. The Hall–Kier alpha value is -2.33. The second-order valence-corrected chi connectivity index (χ2v) is 6.19. The predicted molar refractivity (Wildman–Crippen MR) is 93.1 cm³/mol. The summed E-state index contributed by atoms with van der Waals surface area (Å²) < 4.78 is 10.6. The fraction of sp³-hybridized carbons (Fsp3) is 0.350. The number of amides is 1. The van der Waals surface area contributed by atoms with Crippen LogP contribution in [0.1, 0.15) is 29.2 Å². The monoisotopic (exact) mass is 325 g/mol. The lowest BCUT2D eigenvalue weighted by Crippen LogP contribution is -2.34. The van der Waals surface area contributed by atoms with Crippen LogP contribution in [0.2, 0.25) is 0 Å². The number of aryl methyl sites for hydroxylation is 1. The summed E-state index contributed by atoms with van der Waals surface area (Å²) >= 11 is 0. The molecule has 0 spiro atoms. The van der Waals surface area contributed by atoms with Crippen LogP contribution in [0.4, 0.5) is 0 Å². The molecule has 1 N–H and O–H groups in total. The van der Waals surface area contributed by atoms with Gasteiger partial charge in [-0.15, -0.1) is 0 Å². The Balaban J connectivity index is 1.87. The summed E-state index contributed by atoms with van der Waals surface area (Å²) in [4.78, 5) is 12.6. The van der Waals surface area contributed by atoms with Gasteiger partial charge < -0.3 is 14.8 Å². The first-order valence-electron chi connectivity index (χ1n) is 8.26. The average Bonchev–Trinajstić information content (AvgIpc) is 3.15. The average molecular weight is 325 g/mol. The largest absolute Gasteiger partial charge is 0.497 e. The van der Waals surface area contributed by atoms with Gasteiger partial charge in [-0.05, 0) is 36.6 Å². The van der Waals surface area contributed by atoms with E-state index in [-0.39, 0.29) is 17.9 Å². The van der Waals surface area contributed by atoms with E-state index in [0.29, 0.717) is 13.2 Å². The van der Waals surface area contributed by atoms with Crippen LogP contribution in [-0.2, 0) is 9.53 Å². The van der Waals surface area contributed by atoms with E-state index in [1.54, 1.807) is 7.11 Å². The highest BCUT2D eigenvalue weighted by Gasteiger charge is 2.26. The van der Waals surface area contributed by atoms with Crippen LogP contribution in [0.15, 0.2) is 48.5 Å². The molecule has 3 rings (SSSR count). The van der Waals surface area contributed by atoms with Gasteiger partial charge in [0.1, 0.15) is 5.75 Å². The summed E-state index contributed by atoms with van der Waals surface area (Å²) in [6, 6.07) is 15.9. The maximum absolute atomic E-state index is 12.6. The van der Waals surface area contributed by atoms with E-state index in [9.17, 15) is 4.79 Å². The second kappa shape index (κ2) is 7.49. The zero-order chi connectivity index (χ0) is 16.9. The van der Waals surface area contributed by atoms with Gasteiger partial charge in [0.25, 0.3) is 0 Å². The van der Waals surface area contributed by atoms with E-state index in [4.69, 9.17) is 9.47 Å². The Kier molecular flexibility index (Phi) is 5.16. The number of hydrogen-bond donors (Lipinski definition) is 1. The van der Waals surface area contributed by atoms with Crippen LogP contribution < -0.4 is 10.1 Å². The minimum Gasteiger partial charge on any atom is -0.497 e. The number of carbonyl (C=O) groups excluding carboxylic acids is 1. The van der Waals surface area contributed by atoms with Crippen molar-refractivity contribution in [1.29, 1.82) is 0 Å². The van der Waals surface area contributed by atoms with Gasteiger partial charge in [-0.3, -0.25) is 4.79 Å². The summed E-state index contributed by atoms with van der Waals surface area (Å²) in [6.07, 6.45) is 0.787. The van der Waals surface area contributed by atoms with E-state index in [0.717, 1.165) is 23.3 Å². The van der Waals surface area contributed by atoms with E-state index in [1.165, 1.54) is 5.56 Å². The first-order chi connectivity index (χ1) is 11.7. The SMILES string of the molecule is COc1ccc(C(NC(=O)C2CCOC2)c2ccc(C)cc2)cc1. The molecule has 1 amide bonds. The lowest BCUT2D eigenvalue weighted by molar-refractivity contribution is -0.125. The van der Waals surface area contributed by atoms with Crippen molar-refractivity contribution in [2.24, 2.45) is 5.92 Å². The number of nitrogens with one attached hydrogen (secondary N) is 1. The Bertz CT molecular complexity index is 673. The molecule has 0 radical (unpaired) electrons. The zero-order valence-corrected chi connectivity index (χ0v) is 14.1. The molecule has 0 aromatic heterocycles. The first kappa shape index (κ1) is 16.5. The van der Waals surface area contributed by atoms with Crippen molar-refractivity contribution in [1.82, 2.24) is 5.32 Å². The first-order valence-corrected chi connectivity index (χ1v) is 8.26. The molecule has 2 unspecified atom stereocenters. The van der Waals surface area contributed by atoms with Gasteiger partial charge in [-0.25, -0.2) is 0 Å². The maximum Gasteiger partial charge on any atom is 0.226 e. The second-order valence-electron chi connectivity index (χ2n) is 6.19. The van der Waals surface area contributed by atoms with Crippen molar-refractivity contribution in [3.63, 3.8) is 0 Å². The van der Waals surface area contributed by atoms with E-state index >= 15 is 0 Å². The fourth-order valence-corrected chi connectivity index (χ4v) is 2.92. The summed E-state index contributed by atoms with van der Waals surface area (Å²) in [6.45, 7) is 3.23. The molecule has 2 aromatic rings. The summed E-state index contributed by atoms with van der Waals surface area (Å²) in [5, 5.41) is 3.19. The van der Waals surface area contributed by atoms with Crippen LogP contribution in [0.5, 0.6) is 5.75 Å². The van der Waals surface area contributed by atoms with E-state index < -0.39 is 0 Å². The van der Waals surface area contributed by atoms with Crippen molar-refractivity contribution in [2.75, 3.05) is 20.3 Å². The minimum atomic E-state index is -0.176. The molecular weight excluding hydrogens is 302 g/mol. The molecule has 1 aliphatic heterocycles. The summed E-state index contributed by atoms with van der Waals surface area (Å²) in [5.74, 6) is 0.794. The predicted octanol–water partition coefficient (Wildman–Crippen LogP) is 3.25. The molecule has 1 aliphatic rings. The lowest BCUT2D eigenvalue weighted by atomic mass is 9.96. The van der Waals surface area contributed by atoms with Gasteiger partial charge in [0, 0.05) is 6.61 Å². The van der Waals surface area contributed by atoms with Crippen LogP contribution >= 0.6 is 0 Å². The quantitative estimate of drug-likeness (QED) is 0.918. The number of rotatable bonds is 5. The van der Waals surface area contributed by atoms with Crippen LogP contribution in [0, 0.1) is 12.8 Å². The van der Waals surface area contributed by atoms with Crippen molar-refractivity contribution in [3.8, 4) is 5.75 Å². The van der Waals surface area contributed by atoms with E-state index in [1.807, 2.05) is 24.3 Å². The van der Waals surface area contributed by atoms with Crippen molar-refractivity contribution in [3.05, 3.63) is 65.2 Å². The van der Waals surface area contributed by atoms with E-state index in [2.05, 4.69) is 36.5 Å². The molecule has 4 heteroatoms. The highest BCUT2D eigenvalue weighted by Crippen LogP contribution is 2.26. The van der Waals surface area contributed by atoms with Crippen LogP contribution in [0.3, 0.4) is 0 Å². The normalized spacial score (nSPS) is 18.2. The fourth-order valence-electron chi connectivity index (χ4n) is 2.92. The number of methoxy groups -OCH3 is 1. The summed E-state index contributed by atoms with van der Waals surface area (Å²) in [5.41, 5.74) is 3.30. The zero-order valence-electron chi connectivity index (χ0n) is 14.1. The maximum atomic E-state index is 12.6. The van der Waals surface area contributed by atoms with Crippen LogP contribution in [0.25, 0.3) is 0 Å².